The maximum atomic E-state index is 13.1. The van der Waals surface area contributed by atoms with Gasteiger partial charge in [-0.25, -0.2) is 0 Å². The first-order valence-electron chi connectivity index (χ1n) is 11.5. The Morgan fingerprint density at radius 3 is 1.34 bits per heavy atom. The van der Waals surface area contributed by atoms with Crippen molar-refractivity contribution < 1.29 is 9.59 Å². The molecule has 0 bridgehead atoms. The number of carbonyl (C=O) groups is 2. The van der Waals surface area contributed by atoms with Crippen LogP contribution >= 0.6 is 0 Å². The van der Waals surface area contributed by atoms with Crippen LogP contribution in [0, 0.1) is 0 Å². The van der Waals surface area contributed by atoms with Gasteiger partial charge in [-0.05, 0) is 33.7 Å². The molecule has 6 rings (SSSR count). The molecule has 0 fully saturated rings. The largest absolute Gasteiger partial charge is 0.354 e. The van der Waals surface area contributed by atoms with Crippen molar-refractivity contribution in [1.82, 2.24) is 4.98 Å². The molecule has 3 heteroatoms. The lowest BCUT2D eigenvalue weighted by molar-refractivity contribution is 0.105. The van der Waals surface area contributed by atoms with E-state index in [0.29, 0.717) is 21.8 Å². The highest BCUT2D eigenvalue weighted by Crippen LogP contribution is 2.17. The lowest BCUT2D eigenvalue weighted by Crippen LogP contribution is -2.14. The maximum Gasteiger partial charge on any atom is 0.187 e. The lowest BCUT2D eigenvalue weighted by Gasteiger charge is -2.00. The molecule has 1 N–H and O–H groups in total. The monoisotopic (exact) mass is 451 g/mol. The second-order valence-corrected chi connectivity index (χ2v) is 8.64. The molecule has 5 aromatic carbocycles. The molecule has 0 atom stereocenters. The molecule has 0 aliphatic rings. The highest BCUT2D eigenvalue weighted by Gasteiger charge is 2.08. The molecular formula is C32H21NO2. The van der Waals surface area contributed by atoms with E-state index in [-0.39, 0.29) is 11.6 Å². The molecule has 0 saturated heterocycles. The maximum absolute atomic E-state index is 13.1. The van der Waals surface area contributed by atoms with Crippen LogP contribution in [0.2, 0.25) is 0 Å². The molecule has 0 saturated carbocycles. The first-order chi connectivity index (χ1) is 17.2. The van der Waals surface area contributed by atoms with E-state index >= 15 is 0 Å². The number of hydrogen-bond acceptors (Lipinski definition) is 2. The highest BCUT2D eigenvalue weighted by molar-refractivity contribution is 6.20. The molecule has 0 unspecified atom stereocenters. The second-order valence-electron chi connectivity index (χ2n) is 8.64. The fourth-order valence-electron chi connectivity index (χ4n) is 4.57. The fourth-order valence-corrected chi connectivity index (χ4v) is 4.57. The number of rotatable bonds is 4. The Kier molecular flexibility index (Phi) is 5.08. The van der Waals surface area contributed by atoms with Crippen molar-refractivity contribution in [2.24, 2.45) is 0 Å². The normalized spacial score (nSPS) is 12.6. The van der Waals surface area contributed by atoms with Crippen LogP contribution in [-0.2, 0) is 0 Å². The average molecular weight is 452 g/mol. The van der Waals surface area contributed by atoms with Gasteiger partial charge in [0.2, 0.25) is 0 Å². The number of carbonyl (C=O) groups excluding carboxylic acids is 2. The summed E-state index contributed by atoms with van der Waals surface area (Å²) < 4.78 is 0. The van der Waals surface area contributed by atoms with Crippen molar-refractivity contribution >= 4 is 56.0 Å². The Morgan fingerprint density at radius 1 is 0.486 bits per heavy atom. The third-order valence-electron chi connectivity index (χ3n) is 6.40. The second kappa shape index (κ2) is 8.54. The summed E-state index contributed by atoms with van der Waals surface area (Å²) in [6.45, 7) is 0. The summed E-state index contributed by atoms with van der Waals surface area (Å²) in [5.41, 5.74) is 1.25. The van der Waals surface area contributed by atoms with Crippen LogP contribution in [0.3, 0.4) is 0 Å². The molecule has 1 heterocycles. The van der Waals surface area contributed by atoms with E-state index in [4.69, 9.17) is 0 Å². The summed E-state index contributed by atoms with van der Waals surface area (Å²) in [6, 6.07) is 35.2. The minimum atomic E-state index is -0.0878. The molecule has 6 aromatic rings. The Labute approximate surface area is 201 Å². The number of ketones is 2. The quantitative estimate of drug-likeness (QED) is 0.344. The van der Waals surface area contributed by atoms with E-state index in [1.54, 1.807) is 12.2 Å². The van der Waals surface area contributed by atoms with Crippen LogP contribution in [0.4, 0.5) is 0 Å². The number of aromatic amines is 1. The average Bonchev–Trinajstić information content (AvgIpc) is 3.24. The van der Waals surface area contributed by atoms with Crippen LogP contribution in [-0.4, -0.2) is 16.6 Å². The van der Waals surface area contributed by atoms with Gasteiger partial charge in [-0.3, -0.25) is 9.59 Å². The Balaban J connectivity index is 1.43. The Bertz CT molecular complexity index is 1760. The van der Waals surface area contributed by atoms with Gasteiger partial charge in [-0.1, -0.05) is 97.1 Å². The summed E-state index contributed by atoms with van der Waals surface area (Å²) in [4.78, 5) is 29.6. The summed E-state index contributed by atoms with van der Waals surface area (Å²) in [5, 5.41) is 7.43. The molecule has 1 aromatic heterocycles. The number of nitrogens with one attached hydrogen (secondary N) is 1. The number of benzene rings is 5. The zero-order chi connectivity index (χ0) is 23.8. The predicted molar refractivity (Wildman–Crippen MR) is 143 cm³/mol. The van der Waals surface area contributed by atoms with E-state index in [1.807, 2.05) is 109 Å². The fraction of sp³-hybridized carbons (Fsp3) is 0. The highest BCUT2D eigenvalue weighted by atomic mass is 16.1. The first-order valence-corrected chi connectivity index (χ1v) is 11.5. The van der Waals surface area contributed by atoms with Crippen molar-refractivity contribution in [2.45, 2.75) is 0 Å². The van der Waals surface area contributed by atoms with Gasteiger partial charge >= 0.3 is 0 Å². The van der Waals surface area contributed by atoms with E-state index in [0.717, 1.165) is 32.3 Å². The van der Waals surface area contributed by atoms with Gasteiger partial charge in [-0.2, -0.15) is 0 Å². The van der Waals surface area contributed by atoms with Crippen LogP contribution in [0.1, 0.15) is 20.7 Å². The molecule has 166 valence electrons. The van der Waals surface area contributed by atoms with Crippen LogP contribution in [0.5, 0.6) is 0 Å². The first kappa shape index (κ1) is 20.8. The van der Waals surface area contributed by atoms with E-state index in [2.05, 4.69) is 4.98 Å². The number of H-pyrrole nitrogens is 1. The number of Topliss-reactive ketones (excluding diaryl/α,β-unsaturated/α-hetero) is 2. The third kappa shape index (κ3) is 3.94. The molecule has 0 radical (unpaired) electrons. The van der Waals surface area contributed by atoms with Gasteiger partial charge in [-0.15, -0.1) is 0 Å². The van der Waals surface area contributed by atoms with E-state index in [9.17, 15) is 9.59 Å². The smallest absolute Gasteiger partial charge is 0.187 e. The van der Waals surface area contributed by atoms with Gasteiger partial charge in [0.1, 0.15) is 0 Å². The van der Waals surface area contributed by atoms with Crippen molar-refractivity contribution in [3.63, 3.8) is 0 Å². The van der Waals surface area contributed by atoms with Gasteiger partial charge in [0.25, 0.3) is 0 Å². The van der Waals surface area contributed by atoms with Gasteiger partial charge in [0, 0.05) is 34.1 Å². The Hall–Kier alpha value is -4.76. The summed E-state index contributed by atoms with van der Waals surface area (Å²) in [5.74, 6) is -0.176. The topological polar surface area (TPSA) is 49.9 Å². The van der Waals surface area contributed by atoms with Crippen molar-refractivity contribution in [1.29, 1.82) is 0 Å². The SMILES string of the molecule is O=C(/C=c1\[nH]/c(=C\C(=O)c2ccc3ccccc3c2)c2ccccc12)c1ccc2ccccc2c1. The lowest BCUT2D eigenvalue weighted by atomic mass is 10.0. The van der Waals surface area contributed by atoms with Crippen LogP contribution in [0.15, 0.2) is 109 Å². The number of hydrogen-bond donors (Lipinski definition) is 1. The molecule has 3 nitrogen and oxygen atoms in total. The van der Waals surface area contributed by atoms with Gasteiger partial charge < -0.3 is 4.98 Å². The predicted octanol–water partition coefficient (Wildman–Crippen LogP) is 5.80. The van der Waals surface area contributed by atoms with Crippen molar-refractivity contribution in [3.8, 4) is 0 Å². The molecule has 35 heavy (non-hydrogen) atoms. The molecule has 0 aliphatic carbocycles. The van der Waals surface area contributed by atoms with E-state index in [1.165, 1.54) is 0 Å². The minimum Gasteiger partial charge on any atom is -0.354 e. The van der Waals surface area contributed by atoms with Crippen molar-refractivity contribution in [2.75, 3.05) is 0 Å². The molecular weight excluding hydrogens is 430 g/mol. The zero-order valence-corrected chi connectivity index (χ0v) is 18.9. The molecule has 0 amide bonds. The summed E-state index contributed by atoms with van der Waals surface area (Å²) >= 11 is 0. The standard InChI is InChI=1S/C32H21NO2/c34-31(25-15-13-21-7-1-3-9-23(21)17-25)19-29-27-11-5-6-12-28(27)30(33-29)20-32(35)26-16-14-22-8-2-4-10-24(22)18-26/h1-20,33H/b29-19-,30-20-. The van der Waals surface area contributed by atoms with Crippen molar-refractivity contribution in [3.05, 3.63) is 131 Å². The van der Waals surface area contributed by atoms with Gasteiger partial charge in [0.05, 0.1) is 10.7 Å². The third-order valence-corrected chi connectivity index (χ3v) is 6.40. The zero-order valence-electron chi connectivity index (χ0n) is 18.9. The minimum absolute atomic E-state index is 0.0878. The number of fused-ring (bicyclic) bond motifs is 3. The number of aromatic nitrogens is 1. The van der Waals surface area contributed by atoms with Crippen LogP contribution < -0.4 is 10.7 Å². The summed E-state index contributed by atoms with van der Waals surface area (Å²) in [6.07, 6.45) is 3.23. The summed E-state index contributed by atoms with van der Waals surface area (Å²) in [7, 11) is 0. The van der Waals surface area contributed by atoms with Gasteiger partial charge in [0.15, 0.2) is 11.6 Å². The Morgan fingerprint density at radius 2 is 0.886 bits per heavy atom. The molecule has 0 aliphatic heterocycles. The van der Waals surface area contributed by atoms with Crippen LogP contribution in [0.25, 0.3) is 44.5 Å². The van der Waals surface area contributed by atoms with E-state index < -0.39 is 0 Å². The molecule has 0 spiro atoms.